The van der Waals surface area contributed by atoms with Crippen LogP contribution >= 0.6 is 0 Å². The van der Waals surface area contributed by atoms with E-state index in [4.69, 9.17) is 0 Å². The summed E-state index contributed by atoms with van der Waals surface area (Å²) in [5, 5.41) is 2.62. The predicted molar refractivity (Wildman–Crippen MR) is 82.5 cm³/mol. The van der Waals surface area contributed by atoms with Crippen molar-refractivity contribution >= 4 is 21.6 Å². The molecule has 1 saturated heterocycles. The second kappa shape index (κ2) is 6.15. The van der Waals surface area contributed by atoms with Gasteiger partial charge >= 0.3 is 0 Å². The lowest BCUT2D eigenvalue weighted by Gasteiger charge is -2.37. The van der Waals surface area contributed by atoms with Crippen molar-refractivity contribution in [1.29, 1.82) is 0 Å². The first-order valence-electron chi connectivity index (χ1n) is 7.23. The average Bonchev–Trinajstić information content (AvgIpc) is 2.37. The molecule has 0 saturated carbocycles. The third-order valence-corrected chi connectivity index (χ3v) is 5.97. The minimum Gasteiger partial charge on any atom is -0.326 e. The average molecular weight is 310 g/mol. The molecule has 2 unspecified atom stereocenters. The quantitative estimate of drug-likeness (QED) is 0.933. The Hall–Kier alpha value is -1.40. The fourth-order valence-corrected chi connectivity index (χ4v) is 4.86. The van der Waals surface area contributed by atoms with Crippen molar-refractivity contribution in [2.75, 3.05) is 5.32 Å². The number of piperidine rings is 1. The van der Waals surface area contributed by atoms with E-state index >= 15 is 0 Å². The fraction of sp³-hybridized carbons (Fsp3) is 0.533. The maximum Gasteiger partial charge on any atom is 0.243 e. The molecule has 1 aromatic rings. The van der Waals surface area contributed by atoms with Crippen LogP contribution in [-0.4, -0.2) is 30.7 Å². The smallest absolute Gasteiger partial charge is 0.243 e. The van der Waals surface area contributed by atoms with Gasteiger partial charge < -0.3 is 5.32 Å². The lowest BCUT2D eigenvalue weighted by atomic mass is 10.0. The SMILES string of the molecule is CC(=O)Nc1cccc(S(=O)(=O)N2C(C)CCCC2C)c1. The lowest BCUT2D eigenvalue weighted by Crippen LogP contribution is -2.47. The van der Waals surface area contributed by atoms with Gasteiger partial charge in [0.1, 0.15) is 0 Å². The molecule has 0 bridgehead atoms. The first-order valence-corrected chi connectivity index (χ1v) is 8.67. The summed E-state index contributed by atoms with van der Waals surface area (Å²) in [5.74, 6) is -0.218. The number of carbonyl (C=O) groups is 1. The molecule has 5 nitrogen and oxygen atoms in total. The van der Waals surface area contributed by atoms with Gasteiger partial charge in [0, 0.05) is 24.7 Å². The summed E-state index contributed by atoms with van der Waals surface area (Å²) < 4.78 is 27.3. The van der Waals surface area contributed by atoms with Gasteiger partial charge in [0.15, 0.2) is 0 Å². The summed E-state index contributed by atoms with van der Waals surface area (Å²) in [6.45, 7) is 5.30. The minimum absolute atomic E-state index is 0.00294. The lowest BCUT2D eigenvalue weighted by molar-refractivity contribution is -0.114. The zero-order valence-electron chi connectivity index (χ0n) is 12.7. The van der Waals surface area contributed by atoms with Crippen LogP contribution in [0.5, 0.6) is 0 Å². The van der Waals surface area contributed by atoms with Crippen LogP contribution in [0, 0.1) is 0 Å². The molecule has 1 aromatic carbocycles. The van der Waals surface area contributed by atoms with Gasteiger partial charge in [-0.1, -0.05) is 12.5 Å². The molecule has 1 aliphatic rings. The molecule has 1 heterocycles. The van der Waals surface area contributed by atoms with Crippen molar-refractivity contribution in [3.8, 4) is 0 Å². The van der Waals surface area contributed by atoms with E-state index in [1.807, 2.05) is 13.8 Å². The topological polar surface area (TPSA) is 66.5 Å². The Kier molecular flexibility index (Phi) is 4.68. The monoisotopic (exact) mass is 310 g/mol. The van der Waals surface area contributed by atoms with Gasteiger partial charge in [-0.25, -0.2) is 8.42 Å². The molecule has 2 rings (SSSR count). The van der Waals surface area contributed by atoms with E-state index in [0.29, 0.717) is 5.69 Å². The Labute approximate surface area is 126 Å². The molecule has 116 valence electrons. The first kappa shape index (κ1) is 16.0. The van der Waals surface area contributed by atoms with E-state index < -0.39 is 10.0 Å². The number of hydrogen-bond acceptors (Lipinski definition) is 3. The number of anilines is 1. The van der Waals surface area contributed by atoms with Gasteiger partial charge in [-0.3, -0.25) is 4.79 Å². The number of amides is 1. The Bertz CT molecular complexity index is 618. The van der Waals surface area contributed by atoms with Crippen LogP contribution in [0.15, 0.2) is 29.2 Å². The van der Waals surface area contributed by atoms with Crippen molar-refractivity contribution in [3.63, 3.8) is 0 Å². The number of nitrogens with zero attached hydrogens (tertiary/aromatic N) is 1. The molecular weight excluding hydrogens is 288 g/mol. The maximum atomic E-state index is 12.9. The third-order valence-electron chi connectivity index (χ3n) is 3.84. The van der Waals surface area contributed by atoms with Crippen LogP contribution in [0.1, 0.15) is 40.0 Å². The number of carbonyl (C=O) groups excluding carboxylic acids is 1. The highest BCUT2D eigenvalue weighted by Gasteiger charge is 2.35. The van der Waals surface area contributed by atoms with E-state index in [0.717, 1.165) is 19.3 Å². The highest BCUT2D eigenvalue weighted by Crippen LogP contribution is 2.30. The summed E-state index contributed by atoms with van der Waals surface area (Å²) in [7, 11) is -3.54. The molecule has 0 radical (unpaired) electrons. The van der Waals surface area contributed by atoms with Crippen LogP contribution < -0.4 is 5.32 Å². The molecule has 0 aromatic heterocycles. The molecule has 21 heavy (non-hydrogen) atoms. The second-order valence-corrected chi connectivity index (χ2v) is 7.52. The standard InChI is InChI=1S/C15H22N2O3S/c1-11-6-4-7-12(2)17(11)21(19,20)15-9-5-8-14(10-15)16-13(3)18/h5,8-12H,4,6-7H2,1-3H3,(H,16,18). The molecule has 0 spiro atoms. The normalized spacial score (nSPS) is 23.8. The molecule has 1 amide bonds. The predicted octanol–water partition coefficient (Wildman–Crippen LogP) is 2.60. The zero-order valence-corrected chi connectivity index (χ0v) is 13.5. The van der Waals surface area contributed by atoms with Gasteiger partial charge in [0.05, 0.1) is 4.90 Å². The zero-order chi connectivity index (χ0) is 15.6. The van der Waals surface area contributed by atoms with Gasteiger partial charge in [0.25, 0.3) is 0 Å². The third kappa shape index (κ3) is 3.44. The van der Waals surface area contributed by atoms with Gasteiger partial charge in [0.2, 0.25) is 15.9 Å². The largest absolute Gasteiger partial charge is 0.326 e. The van der Waals surface area contributed by atoms with Crippen LogP contribution in [0.3, 0.4) is 0 Å². The van der Waals surface area contributed by atoms with Crippen LogP contribution in [0.4, 0.5) is 5.69 Å². The van der Waals surface area contributed by atoms with E-state index in [2.05, 4.69) is 5.32 Å². The van der Waals surface area contributed by atoms with Crippen LogP contribution in [-0.2, 0) is 14.8 Å². The minimum atomic E-state index is -3.54. The Morgan fingerprint density at radius 1 is 1.24 bits per heavy atom. The Balaban J connectivity index is 2.36. The summed E-state index contributed by atoms with van der Waals surface area (Å²) in [4.78, 5) is 11.3. The van der Waals surface area contributed by atoms with Crippen molar-refractivity contribution in [2.24, 2.45) is 0 Å². The van der Waals surface area contributed by atoms with Gasteiger partial charge in [-0.15, -0.1) is 0 Å². The molecule has 0 aliphatic carbocycles. The number of sulfonamides is 1. The van der Waals surface area contributed by atoms with Crippen LogP contribution in [0.25, 0.3) is 0 Å². The van der Waals surface area contributed by atoms with Gasteiger partial charge in [-0.2, -0.15) is 4.31 Å². The summed E-state index contributed by atoms with van der Waals surface area (Å²) in [6.07, 6.45) is 2.82. The Morgan fingerprint density at radius 2 is 1.86 bits per heavy atom. The van der Waals surface area contributed by atoms with Gasteiger partial charge in [-0.05, 0) is 44.9 Å². The van der Waals surface area contributed by atoms with Crippen molar-refractivity contribution in [3.05, 3.63) is 24.3 Å². The molecule has 1 N–H and O–H groups in total. The fourth-order valence-electron chi connectivity index (χ4n) is 2.93. The van der Waals surface area contributed by atoms with Crippen LogP contribution in [0.2, 0.25) is 0 Å². The van der Waals surface area contributed by atoms with Crippen molar-refractivity contribution in [1.82, 2.24) is 4.31 Å². The summed E-state index contributed by atoms with van der Waals surface area (Å²) in [6, 6.07) is 6.44. The molecule has 6 heteroatoms. The number of hydrogen-bond donors (Lipinski definition) is 1. The second-order valence-electron chi connectivity index (χ2n) is 5.67. The molecule has 1 fully saturated rings. The summed E-state index contributed by atoms with van der Waals surface area (Å²) in [5.41, 5.74) is 0.501. The highest BCUT2D eigenvalue weighted by atomic mass is 32.2. The van der Waals surface area contributed by atoms with E-state index in [1.54, 1.807) is 22.5 Å². The number of nitrogens with one attached hydrogen (secondary N) is 1. The van der Waals surface area contributed by atoms with Crippen molar-refractivity contribution in [2.45, 2.75) is 57.0 Å². The molecular formula is C15H22N2O3S. The van der Waals surface area contributed by atoms with Crippen molar-refractivity contribution < 1.29 is 13.2 Å². The molecule has 1 aliphatic heterocycles. The summed E-state index contributed by atoms with van der Waals surface area (Å²) >= 11 is 0. The molecule has 2 atom stereocenters. The Morgan fingerprint density at radius 3 is 2.43 bits per heavy atom. The maximum absolute atomic E-state index is 12.9. The van der Waals surface area contributed by atoms with E-state index in [9.17, 15) is 13.2 Å². The van der Waals surface area contributed by atoms with E-state index in [1.165, 1.54) is 13.0 Å². The number of benzene rings is 1. The highest BCUT2D eigenvalue weighted by molar-refractivity contribution is 7.89. The van der Waals surface area contributed by atoms with E-state index in [-0.39, 0.29) is 22.9 Å². The number of rotatable bonds is 3. The first-order chi connectivity index (χ1) is 9.82.